The molecule has 1 amide bonds. The molecule has 1 heterocycles. The van der Waals surface area contributed by atoms with Gasteiger partial charge in [-0.05, 0) is 23.5 Å². The van der Waals surface area contributed by atoms with Crippen molar-refractivity contribution in [3.8, 4) is 5.75 Å². The fraction of sp³-hybridized carbons (Fsp3) is 0. The van der Waals surface area contributed by atoms with Crippen LogP contribution in [0.3, 0.4) is 0 Å². The largest absolute Gasteiger partial charge is 1.00 e. The van der Waals surface area contributed by atoms with Crippen molar-refractivity contribution >= 4 is 27.4 Å². The van der Waals surface area contributed by atoms with Crippen molar-refractivity contribution in [1.29, 1.82) is 0 Å². The first-order chi connectivity index (χ1) is 8.20. The van der Waals surface area contributed by atoms with Gasteiger partial charge in [-0.3, -0.25) is 4.79 Å². The van der Waals surface area contributed by atoms with Gasteiger partial charge in [0, 0.05) is 5.13 Å². The number of benzene rings is 1. The number of nitrogens with zero attached hydrogens (tertiary/aromatic N) is 3. The smallest absolute Gasteiger partial charge is 0.507 e. The summed E-state index contributed by atoms with van der Waals surface area (Å²) in [5.74, 6) is -0.763. The average Bonchev–Trinajstić information content (AvgIpc) is 2.77. The minimum Gasteiger partial charge on any atom is -0.507 e. The van der Waals surface area contributed by atoms with Gasteiger partial charge >= 0.3 is 51.4 Å². The van der Waals surface area contributed by atoms with Crippen molar-refractivity contribution in [2.75, 3.05) is 0 Å². The molecule has 0 fully saturated rings. The van der Waals surface area contributed by atoms with E-state index in [1.54, 1.807) is 12.1 Å². The Labute approximate surface area is 149 Å². The number of carbonyl (C=O) groups is 1. The van der Waals surface area contributed by atoms with Gasteiger partial charge in [0.2, 0.25) is 0 Å². The Hall–Kier alpha value is -0.644. The number of phenolic OH excluding ortho intramolecular Hbond substituents is 1. The van der Waals surface area contributed by atoms with E-state index in [1.807, 2.05) is 0 Å². The SMILES string of the molecule is O=Nc1cnc([N-]C(=O)c2ccccc2O)s1.[K+]. The van der Waals surface area contributed by atoms with Gasteiger partial charge in [-0.25, -0.2) is 0 Å². The maximum absolute atomic E-state index is 11.7. The fourth-order valence-corrected chi connectivity index (χ4v) is 1.72. The number of hydrogen-bond acceptors (Lipinski definition) is 6. The van der Waals surface area contributed by atoms with E-state index in [1.165, 1.54) is 18.3 Å². The van der Waals surface area contributed by atoms with Gasteiger partial charge < -0.3 is 15.4 Å². The van der Waals surface area contributed by atoms with Crippen LogP contribution in [0.15, 0.2) is 35.6 Å². The molecule has 0 aliphatic rings. The molecule has 0 bridgehead atoms. The number of carbonyl (C=O) groups excluding carboxylic acids is 1. The molecule has 8 heteroatoms. The van der Waals surface area contributed by atoms with E-state index in [4.69, 9.17) is 0 Å². The topological polar surface area (TPSA) is 93.7 Å². The summed E-state index contributed by atoms with van der Waals surface area (Å²) in [4.78, 5) is 25.6. The molecule has 86 valence electrons. The summed E-state index contributed by atoms with van der Waals surface area (Å²) in [5, 5.41) is 16.1. The zero-order valence-corrected chi connectivity index (χ0v) is 13.3. The van der Waals surface area contributed by atoms with Crippen molar-refractivity contribution in [2.45, 2.75) is 0 Å². The first kappa shape index (κ1) is 15.4. The molecule has 0 aliphatic heterocycles. The van der Waals surface area contributed by atoms with E-state index in [-0.39, 0.29) is 72.8 Å². The second kappa shape index (κ2) is 7.07. The molecule has 1 aromatic carbocycles. The normalized spacial score (nSPS) is 9.33. The van der Waals surface area contributed by atoms with Gasteiger partial charge in [-0.2, -0.15) is 0 Å². The summed E-state index contributed by atoms with van der Waals surface area (Å²) in [6.45, 7) is 0. The van der Waals surface area contributed by atoms with Crippen molar-refractivity contribution < 1.29 is 61.3 Å². The Morgan fingerprint density at radius 1 is 1.39 bits per heavy atom. The van der Waals surface area contributed by atoms with Crippen LogP contribution in [0.4, 0.5) is 10.1 Å². The third kappa shape index (κ3) is 3.67. The van der Waals surface area contributed by atoms with Crippen LogP contribution >= 0.6 is 11.3 Å². The summed E-state index contributed by atoms with van der Waals surface area (Å²) in [6.07, 6.45) is 1.23. The van der Waals surface area contributed by atoms with Crippen LogP contribution in [-0.2, 0) is 0 Å². The number of hydrogen-bond donors (Lipinski definition) is 1. The van der Waals surface area contributed by atoms with Crippen molar-refractivity contribution in [2.24, 2.45) is 5.18 Å². The van der Waals surface area contributed by atoms with E-state index in [0.29, 0.717) is 0 Å². The van der Waals surface area contributed by atoms with Gasteiger partial charge in [0.15, 0.2) is 10.9 Å². The second-order valence-corrected chi connectivity index (χ2v) is 3.99. The molecule has 18 heavy (non-hydrogen) atoms. The van der Waals surface area contributed by atoms with E-state index < -0.39 is 5.91 Å². The molecule has 1 N–H and O–H groups in total. The predicted molar refractivity (Wildman–Crippen MR) is 63.0 cm³/mol. The first-order valence-corrected chi connectivity index (χ1v) is 5.35. The molecule has 2 aromatic rings. The van der Waals surface area contributed by atoms with Gasteiger partial charge in [0.05, 0.1) is 5.56 Å². The van der Waals surface area contributed by atoms with Gasteiger partial charge in [-0.15, -0.1) is 16.2 Å². The number of nitroso groups, excluding NO2 is 1. The molecule has 6 nitrogen and oxygen atoms in total. The zero-order chi connectivity index (χ0) is 12.3. The maximum Gasteiger partial charge on any atom is 1.00 e. The monoisotopic (exact) mass is 287 g/mol. The molecule has 0 unspecified atom stereocenters. The third-order valence-corrected chi connectivity index (χ3v) is 2.67. The number of rotatable bonds is 3. The Kier molecular flexibility index (Phi) is 6.05. The number of aromatic hydroxyl groups is 1. The Morgan fingerprint density at radius 2 is 2.11 bits per heavy atom. The summed E-state index contributed by atoms with van der Waals surface area (Å²) in [6, 6.07) is 6.06. The number of thiazole rings is 1. The van der Waals surface area contributed by atoms with E-state index in [9.17, 15) is 14.8 Å². The molecule has 0 saturated heterocycles. The van der Waals surface area contributed by atoms with Crippen LogP contribution in [0.25, 0.3) is 5.32 Å². The molecule has 1 aromatic heterocycles. The van der Waals surface area contributed by atoms with Crippen molar-refractivity contribution in [3.63, 3.8) is 0 Å². The van der Waals surface area contributed by atoms with Crippen molar-refractivity contribution in [1.82, 2.24) is 4.98 Å². The Balaban J connectivity index is 0.00000162. The Morgan fingerprint density at radius 3 is 2.72 bits per heavy atom. The standard InChI is InChI=1S/C10H7N3O3S.K/c14-7-4-2-1-3-6(7)9(15)12-10-11-5-8(13-16)17-10;/h1-5H,(H2,11,12,14,15,16);/q;+1/p-1. The van der Waals surface area contributed by atoms with E-state index in [2.05, 4.69) is 15.5 Å². The molecular weight excluding hydrogens is 281 g/mol. The zero-order valence-electron chi connectivity index (χ0n) is 9.40. The maximum atomic E-state index is 11.7. The van der Waals surface area contributed by atoms with Crippen molar-refractivity contribution in [3.05, 3.63) is 46.2 Å². The quantitative estimate of drug-likeness (QED) is 0.640. The van der Waals surface area contributed by atoms with Gasteiger partial charge in [0.1, 0.15) is 5.75 Å². The molecule has 0 atom stereocenters. The number of amides is 1. The predicted octanol–water partition coefficient (Wildman–Crippen LogP) is 0.0962. The molecular formula is C10H6KN3O3S. The Bertz CT molecular complexity index is 573. The number of phenols is 1. The molecule has 0 saturated carbocycles. The summed E-state index contributed by atoms with van der Waals surface area (Å²) in [7, 11) is 0. The van der Waals surface area contributed by atoms with Gasteiger partial charge in [-0.1, -0.05) is 12.1 Å². The summed E-state index contributed by atoms with van der Waals surface area (Å²) in [5.41, 5.74) is 0.0864. The first-order valence-electron chi connectivity index (χ1n) is 4.54. The second-order valence-electron chi connectivity index (χ2n) is 3.01. The van der Waals surface area contributed by atoms with Crippen LogP contribution in [0.2, 0.25) is 0 Å². The van der Waals surface area contributed by atoms with E-state index in [0.717, 1.165) is 11.3 Å². The summed E-state index contributed by atoms with van der Waals surface area (Å²) >= 11 is 0.902. The third-order valence-electron chi connectivity index (χ3n) is 1.90. The molecule has 0 spiro atoms. The minimum absolute atomic E-state index is 0. The minimum atomic E-state index is -0.616. The molecule has 2 rings (SSSR count). The van der Waals surface area contributed by atoms with Gasteiger partial charge in [0.25, 0.3) is 0 Å². The van der Waals surface area contributed by atoms with Crippen LogP contribution < -0.4 is 51.4 Å². The van der Waals surface area contributed by atoms with E-state index >= 15 is 0 Å². The number of aromatic nitrogens is 1. The summed E-state index contributed by atoms with van der Waals surface area (Å²) < 4.78 is 0. The molecule has 0 radical (unpaired) electrons. The average molecular weight is 287 g/mol. The van der Waals surface area contributed by atoms with Crippen LogP contribution in [-0.4, -0.2) is 16.0 Å². The fourth-order valence-electron chi connectivity index (χ4n) is 1.15. The molecule has 0 aliphatic carbocycles. The van der Waals surface area contributed by atoms with Crippen LogP contribution in [0, 0.1) is 4.91 Å². The number of para-hydroxylation sites is 1. The van der Waals surface area contributed by atoms with Crippen LogP contribution in [0.1, 0.15) is 10.4 Å². The van der Waals surface area contributed by atoms with Crippen LogP contribution in [0.5, 0.6) is 5.75 Å².